The van der Waals surface area contributed by atoms with E-state index in [4.69, 9.17) is 0 Å². The molecule has 2 aromatic carbocycles. The highest BCUT2D eigenvalue weighted by Crippen LogP contribution is 2.38. The number of hydrogen-bond acceptors (Lipinski definition) is 4. The van der Waals surface area contributed by atoms with E-state index in [1.165, 1.54) is 22.0 Å². The largest absolute Gasteiger partial charge is 0.274 e. The van der Waals surface area contributed by atoms with Crippen LogP contribution in [0.3, 0.4) is 0 Å². The molecule has 0 bridgehead atoms. The maximum absolute atomic E-state index is 12.5. The summed E-state index contributed by atoms with van der Waals surface area (Å²) in [5.41, 5.74) is 7.29. The average molecular weight is 473 g/mol. The van der Waals surface area contributed by atoms with Crippen LogP contribution in [-0.2, 0) is 25.6 Å². The van der Waals surface area contributed by atoms with Crippen LogP contribution in [0.15, 0.2) is 36.4 Å². The van der Waals surface area contributed by atoms with Gasteiger partial charge in [0, 0.05) is 25.0 Å². The lowest BCUT2D eigenvalue weighted by molar-refractivity contribution is -0.122. The molecule has 4 amide bonds. The minimum atomic E-state index is -0.313. The molecular weight excluding hydrogens is 440 g/mol. The summed E-state index contributed by atoms with van der Waals surface area (Å²) in [5.74, 6) is -0.646. The van der Waals surface area contributed by atoms with Crippen molar-refractivity contribution in [1.29, 1.82) is 0 Å². The van der Waals surface area contributed by atoms with Crippen molar-refractivity contribution >= 4 is 35.0 Å². The fraction of sp³-hybridized carbons (Fsp3) is 0.379. The molecule has 182 valence electrons. The monoisotopic (exact) mass is 472 g/mol. The van der Waals surface area contributed by atoms with Gasteiger partial charge in [0.25, 0.3) is 11.8 Å². The van der Waals surface area contributed by atoms with Gasteiger partial charge in [-0.3, -0.25) is 19.2 Å². The number of rotatable bonds is 6. The molecule has 6 heteroatoms. The molecule has 0 atom stereocenters. The normalized spacial score (nSPS) is 16.1. The topological polar surface area (TPSA) is 74.8 Å². The number of imide groups is 2. The molecule has 0 saturated carbocycles. The Morgan fingerprint density at radius 2 is 1.06 bits per heavy atom. The molecule has 0 radical (unpaired) electrons. The first-order valence-corrected chi connectivity index (χ1v) is 12.2. The van der Waals surface area contributed by atoms with Crippen molar-refractivity contribution in [2.24, 2.45) is 0 Å². The third kappa shape index (κ3) is 4.45. The van der Waals surface area contributed by atoms with E-state index in [9.17, 15) is 19.2 Å². The summed E-state index contributed by atoms with van der Waals surface area (Å²) in [6.07, 6.45) is 3.81. The van der Waals surface area contributed by atoms with Crippen LogP contribution in [-0.4, -0.2) is 23.6 Å². The summed E-state index contributed by atoms with van der Waals surface area (Å²) >= 11 is 0. The van der Waals surface area contributed by atoms with E-state index >= 15 is 0 Å². The van der Waals surface area contributed by atoms with Crippen molar-refractivity contribution in [1.82, 2.24) is 0 Å². The zero-order valence-corrected chi connectivity index (χ0v) is 21.3. The highest BCUT2D eigenvalue weighted by molar-refractivity contribution is 6.28. The Morgan fingerprint density at radius 1 is 0.657 bits per heavy atom. The van der Waals surface area contributed by atoms with E-state index in [-0.39, 0.29) is 48.3 Å². The van der Waals surface area contributed by atoms with Crippen LogP contribution in [0.4, 0.5) is 11.4 Å². The van der Waals surface area contributed by atoms with Gasteiger partial charge in [-0.1, -0.05) is 52.0 Å². The second-order valence-electron chi connectivity index (χ2n) is 10.2. The van der Waals surface area contributed by atoms with Crippen LogP contribution in [0, 0.1) is 13.8 Å². The summed E-state index contributed by atoms with van der Waals surface area (Å²) in [5, 5.41) is 0. The molecule has 35 heavy (non-hydrogen) atoms. The Balaban J connectivity index is 1.75. The Kier molecular flexibility index (Phi) is 6.50. The summed E-state index contributed by atoms with van der Waals surface area (Å²) in [4.78, 5) is 52.3. The quantitative estimate of drug-likeness (QED) is 0.540. The first-order valence-electron chi connectivity index (χ1n) is 12.2. The van der Waals surface area contributed by atoms with E-state index < -0.39 is 0 Å². The molecule has 2 aromatic rings. The van der Waals surface area contributed by atoms with Crippen molar-refractivity contribution in [2.75, 3.05) is 9.80 Å². The third-order valence-electron chi connectivity index (χ3n) is 6.74. The molecule has 1 fully saturated rings. The van der Waals surface area contributed by atoms with Gasteiger partial charge in [0.15, 0.2) is 0 Å². The second-order valence-corrected chi connectivity index (χ2v) is 10.2. The van der Waals surface area contributed by atoms with E-state index in [2.05, 4.69) is 45.9 Å². The Bertz CT molecular complexity index is 1190. The molecule has 0 aromatic heterocycles. The summed E-state index contributed by atoms with van der Waals surface area (Å²) in [7, 11) is 0. The van der Waals surface area contributed by atoms with Gasteiger partial charge >= 0.3 is 0 Å². The summed E-state index contributed by atoms with van der Waals surface area (Å²) in [6.45, 7) is 12.1. The molecule has 0 spiro atoms. The van der Waals surface area contributed by atoms with E-state index in [1.807, 2.05) is 19.9 Å². The Hall–Kier alpha value is -3.54. The lowest BCUT2D eigenvalue weighted by atomic mass is 9.89. The van der Waals surface area contributed by atoms with Gasteiger partial charge in [-0.25, -0.2) is 9.80 Å². The van der Waals surface area contributed by atoms with Crippen LogP contribution in [0.25, 0.3) is 0 Å². The van der Waals surface area contributed by atoms with E-state index in [1.54, 1.807) is 0 Å². The first-order chi connectivity index (χ1) is 16.5. The summed E-state index contributed by atoms with van der Waals surface area (Å²) < 4.78 is 0. The predicted molar refractivity (Wildman–Crippen MR) is 137 cm³/mol. The zero-order chi connectivity index (χ0) is 25.6. The average Bonchev–Trinajstić information content (AvgIpc) is 3.28. The maximum atomic E-state index is 12.5. The van der Waals surface area contributed by atoms with Crippen LogP contribution in [0.1, 0.15) is 85.8 Å². The molecule has 6 nitrogen and oxygen atoms in total. The molecule has 4 rings (SSSR count). The lowest BCUT2D eigenvalue weighted by Crippen LogP contribution is -2.31. The molecule has 1 saturated heterocycles. The smallest absolute Gasteiger partial charge is 0.258 e. The van der Waals surface area contributed by atoms with Gasteiger partial charge < -0.3 is 0 Å². The minimum Gasteiger partial charge on any atom is -0.274 e. The number of hydrogen-bond donors (Lipinski definition) is 0. The SMILES string of the molecule is Cc1cc(Cc2cc(C)c(N3C(=O)CCC3=O)c(C(C)C)c2)cc(C(C)C)c1N1C(=O)C=CC1=O. The van der Waals surface area contributed by atoms with Crippen LogP contribution in [0.5, 0.6) is 0 Å². The van der Waals surface area contributed by atoms with Crippen LogP contribution >= 0.6 is 0 Å². The maximum Gasteiger partial charge on any atom is 0.258 e. The fourth-order valence-electron chi connectivity index (χ4n) is 5.15. The molecule has 2 heterocycles. The van der Waals surface area contributed by atoms with Crippen molar-refractivity contribution in [3.8, 4) is 0 Å². The lowest BCUT2D eigenvalue weighted by Gasteiger charge is -2.25. The van der Waals surface area contributed by atoms with Gasteiger partial charge in [-0.2, -0.15) is 0 Å². The molecule has 0 unspecified atom stereocenters. The third-order valence-corrected chi connectivity index (χ3v) is 6.74. The predicted octanol–water partition coefficient (Wildman–Crippen LogP) is 5.22. The number of aryl methyl sites for hydroxylation is 2. The van der Waals surface area contributed by atoms with Gasteiger partial charge in [0.1, 0.15) is 0 Å². The second kappa shape index (κ2) is 9.25. The van der Waals surface area contributed by atoms with Gasteiger partial charge in [0.05, 0.1) is 11.4 Å². The van der Waals surface area contributed by atoms with Crippen molar-refractivity contribution in [2.45, 2.75) is 72.6 Å². The van der Waals surface area contributed by atoms with Gasteiger partial charge in [0.2, 0.25) is 11.8 Å². The summed E-state index contributed by atoms with van der Waals surface area (Å²) in [6, 6.07) is 8.26. The Labute approximate surface area is 206 Å². The number of carbonyl (C=O) groups is 4. The number of carbonyl (C=O) groups excluding carboxylic acids is 4. The number of anilines is 2. The van der Waals surface area contributed by atoms with Crippen molar-refractivity contribution in [3.05, 3.63) is 69.8 Å². The van der Waals surface area contributed by atoms with E-state index in [0.29, 0.717) is 12.1 Å². The number of nitrogens with zero attached hydrogens (tertiary/aromatic N) is 2. The number of amides is 4. The standard InChI is InChI=1S/C29H32N2O4/c1-16(2)22-14-20(11-18(5)28(22)30-24(32)7-8-25(30)33)13-21-12-19(6)29(23(15-21)17(3)4)31-26(34)9-10-27(31)35/h7-8,11-12,14-17H,9-10,13H2,1-6H3. The Morgan fingerprint density at radius 3 is 1.46 bits per heavy atom. The molecular formula is C29H32N2O4. The van der Waals surface area contributed by atoms with Crippen molar-refractivity contribution in [3.63, 3.8) is 0 Å². The molecule has 0 aliphatic carbocycles. The van der Waals surface area contributed by atoms with Gasteiger partial charge in [-0.05, 0) is 65.5 Å². The molecule has 0 N–H and O–H groups in total. The fourth-order valence-corrected chi connectivity index (χ4v) is 5.15. The first kappa shape index (κ1) is 24.6. The number of benzene rings is 2. The molecule has 2 aliphatic heterocycles. The highest BCUT2D eigenvalue weighted by atomic mass is 16.2. The van der Waals surface area contributed by atoms with Crippen molar-refractivity contribution < 1.29 is 19.2 Å². The minimum absolute atomic E-state index is 0.118. The highest BCUT2D eigenvalue weighted by Gasteiger charge is 2.34. The van der Waals surface area contributed by atoms with Crippen LogP contribution in [0.2, 0.25) is 0 Å². The molecule has 2 aliphatic rings. The van der Waals surface area contributed by atoms with E-state index in [0.717, 1.165) is 39.1 Å². The van der Waals surface area contributed by atoms with Crippen LogP contribution < -0.4 is 9.80 Å². The zero-order valence-electron chi connectivity index (χ0n) is 21.3. The van der Waals surface area contributed by atoms with Gasteiger partial charge in [-0.15, -0.1) is 0 Å².